The molecule has 0 atom stereocenters. The van der Waals surface area contributed by atoms with Gasteiger partial charge in [0.2, 0.25) is 0 Å². The molecule has 0 amide bonds. The van der Waals surface area contributed by atoms with Crippen LogP contribution in [0.15, 0.2) is 0 Å². The number of esters is 2. The van der Waals surface area contributed by atoms with E-state index in [-0.39, 0.29) is 50.3 Å². The zero-order valence-electron chi connectivity index (χ0n) is 9.44. The summed E-state index contributed by atoms with van der Waals surface area (Å²) in [4.78, 5) is 43.6. The SMILES string of the molecule is NCC(=O)CCC(=O)OC(=O)CCC(=O)CN. The third-order valence-electron chi connectivity index (χ3n) is 1.90. The van der Waals surface area contributed by atoms with E-state index in [4.69, 9.17) is 11.5 Å². The largest absolute Gasteiger partial charge is 0.393 e. The molecule has 0 aromatic heterocycles. The second-order valence-electron chi connectivity index (χ2n) is 3.33. The summed E-state index contributed by atoms with van der Waals surface area (Å²) in [6.45, 7) is -0.293. The maximum Gasteiger partial charge on any atom is 0.313 e. The van der Waals surface area contributed by atoms with Crippen molar-refractivity contribution in [2.24, 2.45) is 11.5 Å². The zero-order chi connectivity index (χ0) is 13.3. The number of ketones is 2. The monoisotopic (exact) mass is 244 g/mol. The first-order valence-electron chi connectivity index (χ1n) is 5.16. The molecule has 0 saturated heterocycles. The molecular weight excluding hydrogens is 228 g/mol. The van der Waals surface area contributed by atoms with Crippen LogP contribution in [0, 0.1) is 0 Å². The molecule has 0 aromatic rings. The van der Waals surface area contributed by atoms with Gasteiger partial charge in [-0.2, -0.15) is 0 Å². The third kappa shape index (κ3) is 8.23. The van der Waals surface area contributed by atoms with Gasteiger partial charge in [-0.15, -0.1) is 0 Å². The van der Waals surface area contributed by atoms with Crippen LogP contribution in [0.1, 0.15) is 25.7 Å². The number of hydrogen-bond acceptors (Lipinski definition) is 7. The van der Waals surface area contributed by atoms with Gasteiger partial charge >= 0.3 is 11.9 Å². The summed E-state index contributed by atoms with van der Waals surface area (Å²) < 4.78 is 4.38. The summed E-state index contributed by atoms with van der Waals surface area (Å²) in [5, 5.41) is 0. The van der Waals surface area contributed by atoms with Crippen LogP contribution in [0.25, 0.3) is 0 Å². The predicted octanol–water partition coefficient (Wildman–Crippen LogP) is -1.33. The summed E-state index contributed by atoms with van der Waals surface area (Å²) in [6, 6.07) is 0. The lowest BCUT2D eigenvalue weighted by atomic mass is 10.2. The number of Topliss-reactive ketones (excluding diaryl/α,β-unsaturated/α-hetero) is 2. The zero-order valence-corrected chi connectivity index (χ0v) is 9.44. The molecule has 0 aromatic carbocycles. The molecule has 0 spiro atoms. The predicted molar refractivity (Wildman–Crippen MR) is 57.7 cm³/mol. The Labute approximate surface area is 98.5 Å². The molecule has 0 rings (SSSR count). The molecule has 0 radical (unpaired) electrons. The lowest BCUT2D eigenvalue weighted by molar-refractivity contribution is -0.160. The fourth-order valence-electron chi connectivity index (χ4n) is 0.916. The van der Waals surface area contributed by atoms with Gasteiger partial charge in [0.15, 0.2) is 0 Å². The summed E-state index contributed by atoms with van der Waals surface area (Å²) in [5.41, 5.74) is 10.1. The van der Waals surface area contributed by atoms with Crippen LogP contribution in [0.3, 0.4) is 0 Å². The molecule has 0 saturated carbocycles. The van der Waals surface area contributed by atoms with E-state index in [0.717, 1.165) is 0 Å². The highest BCUT2D eigenvalue weighted by Crippen LogP contribution is 1.98. The van der Waals surface area contributed by atoms with Crippen molar-refractivity contribution in [2.45, 2.75) is 25.7 Å². The summed E-state index contributed by atoms with van der Waals surface area (Å²) in [6.07, 6.45) is -0.478. The number of carbonyl (C=O) groups is 4. The molecule has 7 heteroatoms. The standard InChI is InChI=1S/C10H16N2O5/c11-5-7(13)1-3-9(15)17-10(16)4-2-8(14)6-12/h1-6,11-12H2. The van der Waals surface area contributed by atoms with Crippen LogP contribution in [0.4, 0.5) is 0 Å². The van der Waals surface area contributed by atoms with E-state index in [1.165, 1.54) is 0 Å². The van der Waals surface area contributed by atoms with Crippen molar-refractivity contribution in [2.75, 3.05) is 13.1 Å². The molecule has 96 valence electrons. The summed E-state index contributed by atoms with van der Waals surface area (Å²) in [7, 11) is 0. The molecule has 7 nitrogen and oxygen atoms in total. The highest BCUT2D eigenvalue weighted by atomic mass is 16.6. The number of ether oxygens (including phenoxy) is 1. The Morgan fingerprint density at radius 1 is 0.706 bits per heavy atom. The fourth-order valence-corrected chi connectivity index (χ4v) is 0.916. The van der Waals surface area contributed by atoms with Crippen molar-refractivity contribution >= 4 is 23.5 Å². The van der Waals surface area contributed by atoms with Gasteiger partial charge < -0.3 is 16.2 Å². The first-order valence-corrected chi connectivity index (χ1v) is 5.16. The Morgan fingerprint density at radius 3 is 1.35 bits per heavy atom. The molecule has 4 N–H and O–H groups in total. The van der Waals surface area contributed by atoms with Crippen molar-refractivity contribution in [3.8, 4) is 0 Å². The minimum Gasteiger partial charge on any atom is -0.393 e. The van der Waals surface area contributed by atoms with Gasteiger partial charge in [0.05, 0.1) is 25.9 Å². The van der Waals surface area contributed by atoms with E-state index >= 15 is 0 Å². The smallest absolute Gasteiger partial charge is 0.313 e. The number of nitrogens with two attached hydrogens (primary N) is 2. The molecule has 0 aliphatic heterocycles. The summed E-state index contributed by atoms with van der Waals surface area (Å²) in [5.74, 6) is -2.16. The number of hydrogen-bond donors (Lipinski definition) is 2. The van der Waals surface area contributed by atoms with Crippen molar-refractivity contribution in [1.82, 2.24) is 0 Å². The van der Waals surface area contributed by atoms with Gasteiger partial charge in [0.1, 0.15) is 11.6 Å². The van der Waals surface area contributed by atoms with Gasteiger partial charge in [-0.05, 0) is 0 Å². The average molecular weight is 244 g/mol. The van der Waals surface area contributed by atoms with E-state index < -0.39 is 11.9 Å². The number of carbonyl (C=O) groups excluding carboxylic acids is 4. The minimum atomic E-state index is -0.794. The van der Waals surface area contributed by atoms with E-state index in [1.54, 1.807) is 0 Å². The fraction of sp³-hybridized carbons (Fsp3) is 0.600. The first-order chi connectivity index (χ1) is 7.99. The van der Waals surface area contributed by atoms with Crippen molar-refractivity contribution in [3.05, 3.63) is 0 Å². The minimum absolute atomic E-state index is 0.0512. The van der Waals surface area contributed by atoms with E-state index in [2.05, 4.69) is 4.74 Å². The molecule has 17 heavy (non-hydrogen) atoms. The maximum atomic E-state index is 11.0. The van der Waals surface area contributed by atoms with Crippen molar-refractivity contribution < 1.29 is 23.9 Å². The van der Waals surface area contributed by atoms with Crippen LogP contribution < -0.4 is 11.5 Å². The number of rotatable bonds is 8. The normalized spacial score (nSPS) is 9.76. The lowest BCUT2D eigenvalue weighted by Gasteiger charge is -2.01. The van der Waals surface area contributed by atoms with Crippen LogP contribution in [0.2, 0.25) is 0 Å². The van der Waals surface area contributed by atoms with Crippen molar-refractivity contribution in [3.63, 3.8) is 0 Å². The van der Waals surface area contributed by atoms with Gasteiger partial charge in [0.25, 0.3) is 0 Å². The van der Waals surface area contributed by atoms with E-state index in [9.17, 15) is 19.2 Å². The Bertz CT molecular complexity index is 284. The first kappa shape index (κ1) is 15.4. The van der Waals surface area contributed by atoms with Crippen LogP contribution in [-0.2, 0) is 23.9 Å². The highest BCUT2D eigenvalue weighted by molar-refractivity contribution is 5.90. The molecule has 0 bridgehead atoms. The maximum absolute atomic E-state index is 11.0. The molecule has 0 fully saturated rings. The van der Waals surface area contributed by atoms with Gasteiger partial charge in [-0.1, -0.05) is 0 Å². The highest BCUT2D eigenvalue weighted by Gasteiger charge is 2.13. The lowest BCUT2D eigenvalue weighted by Crippen LogP contribution is -2.19. The van der Waals surface area contributed by atoms with E-state index in [0.29, 0.717) is 0 Å². The Kier molecular flexibility index (Phi) is 7.74. The Morgan fingerprint density at radius 2 is 1.06 bits per heavy atom. The quantitative estimate of drug-likeness (QED) is 0.399. The molecule has 0 unspecified atom stereocenters. The second kappa shape index (κ2) is 8.54. The topological polar surface area (TPSA) is 130 Å². The molecule has 0 heterocycles. The van der Waals surface area contributed by atoms with Gasteiger partial charge in [-0.25, -0.2) is 0 Å². The van der Waals surface area contributed by atoms with Crippen molar-refractivity contribution in [1.29, 1.82) is 0 Å². The second-order valence-corrected chi connectivity index (χ2v) is 3.33. The Hall–Kier alpha value is -1.60. The van der Waals surface area contributed by atoms with Crippen LogP contribution >= 0.6 is 0 Å². The van der Waals surface area contributed by atoms with Gasteiger partial charge in [0, 0.05) is 12.8 Å². The van der Waals surface area contributed by atoms with E-state index in [1.807, 2.05) is 0 Å². The Balaban J connectivity index is 3.77. The summed E-state index contributed by atoms with van der Waals surface area (Å²) >= 11 is 0. The molecular formula is C10H16N2O5. The average Bonchev–Trinajstić information content (AvgIpc) is 2.32. The van der Waals surface area contributed by atoms with Crippen LogP contribution in [-0.4, -0.2) is 36.6 Å². The molecule has 0 aliphatic carbocycles. The van der Waals surface area contributed by atoms with Gasteiger partial charge in [-0.3, -0.25) is 19.2 Å². The third-order valence-corrected chi connectivity index (χ3v) is 1.90. The molecule has 0 aliphatic rings. The van der Waals surface area contributed by atoms with Crippen LogP contribution in [0.5, 0.6) is 0 Å².